The fraction of sp³-hybridized carbons (Fsp3) is 0.625. The molecule has 1 saturated carbocycles. The van der Waals surface area contributed by atoms with E-state index in [4.69, 9.17) is 0 Å². The van der Waals surface area contributed by atoms with Gasteiger partial charge in [0, 0.05) is 6.04 Å². The molecule has 2 aliphatic carbocycles. The molecular weight excluding hydrogens is 241 g/mol. The normalized spacial score (nSPS) is 30.3. The number of fused-ring (bicyclic) bond motifs is 1. The standard InChI is InChI=1S/C16H22FNO/c17-13-5-6-15-12(9-13)4-7-16(15)18-10-11-2-1-3-14(19)8-11/h5-6,9,11,14,16,18-19H,1-4,7-8,10H2. The van der Waals surface area contributed by atoms with E-state index < -0.39 is 0 Å². The van der Waals surface area contributed by atoms with Crippen LogP contribution < -0.4 is 5.32 Å². The third-order valence-corrected chi connectivity index (χ3v) is 4.59. The zero-order chi connectivity index (χ0) is 13.2. The molecule has 0 bridgehead atoms. The summed E-state index contributed by atoms with van der Waals surface area (Å²) in [5.74, 6) is 0.461. The van der Waals surface area contributed by atoms with Crippen LogP contribution in [0.3, 0.4) is 0 Å². The van der Waals surface area contributed by atoms with E-state index in [-0.39, 0.29) is 11.9 Å². The van der Waals surface area contributed by atoms with Gasteiger partial charge in [0.15, 0.2) is 0 Å². The predicted octanol–water partition coefficient (Wildman–Crippen LogP) is 2.95. The van der Waals surface area contributed by atoms with Gasteiger partial charge in [-0.3, -0.25) is 0 Å². The molecule has 3 rings (SSSR count). The highest BCUT2D eigenvalue weighted by atomic mass is 19.1. The lowest BCUT2D eigenvalue weighted by Crippen LogP contribution is -2.30. The molecule has 2 nitrogen and oxygen atoms in total. The fourth-order valence-electron chi connectivity index (χ4n) is 3.56. The van der Waals surface area contributed by atoms with Crippen molar-refractivity contribution in [1.82, 2.24) is 5.32 Å². The molecular formula is C16H22FNO. The van der Waals surface area contributed by atoms with E-state index >= 15 is 0 Å². The van der Waals surface area contributed by atoms with Crippen molar-refractivity contribution in [1.29, 1.82) is 0 Å². The number of nitrogens with one attached hydrogen (secondary N) is 1. The Morgan fingerprint density at radius 3 is 3.00 bits per heavy atom. The quantitative estimate of drug-likeness (QED) is 0.878. The molecule has 19 heavy (non-hydrogen) atoms. The van der Waals surface area contributed by atoms with Gasteiger partial charge in [-0.1, -0.05) is 12.5 Å². The number of benzene rings is 1. The highest BCUT2D eigenvalue weighted by Gasteiger charge is 2.25. The van der Waals surface area contributed by atoms with Gasteiger partial charge in [0.1, 0.15) is 5.82 Å². The number of hydrogen-bond donors (Lipinski definition) is 2. The molecule has 0 aliphatic heterocycles. The van der Waals surface area contributed by atoms with Crippen LogP contribution in [0.1, 0.15) is 49.3 Å². The Hall–Kier alpha value is -0.930. The van der Waals surface area contributed by atoms with Crippen LogP contribution in [0, 0.1) is 11.7 Å². The van der Waals surface area contributed by atoms with Crippen LogP contribution in [0.4, 0.5) is 4.39 Å². The Labute approximate surface area is 114 Å². The van der Waals surface area contributed by atoms with Crippen molar-refractivity contribution in [3.8, 4) is 0 Å². The largest absolute Gasteiger partial charge is 0.393 e. The number of aliphatic hydroxyl groups excluding tert-OH is 1. The number of aryl methyl sites for hydroxylation is 1. The van der Waals surface area contributed by atoms with Crippen molar-refractivity contribution in [2.24, 2.45) is 5.92 Å². The van der Waals surface area contributed by atoms with Crippen LogP contribution >= 0.6 is 0 Å². The Morgan fingerprint density at radius 1 is 1.26 bits per heavy atom. The molecule has 0 spiro atoms. The molecule has 0 amide bonds. The predicted molar refractivity (Wildman–Crippen MR) is 73.4 cm³/mol. The smallest absolute Gasteiger partial charge is 0.123 e. The third kappa shape index (κ3) is 2.98. The lowest BCUT2D eigenvalue weighted by Gasteiger charge is -2.27. The first-order valence-electron chi connectivity index (χ1n) is 7.42. The first-order chi connectivity index (χ1) is 9.22. The van der Waals surface area contributed by atoms with Crippen LogP contribution in [0.2, 0.25) is 0 Å². The van der Waals surface area contributed by atoms with Crippen molar-refractivity contribution < 1.29 is 9.50 Å². The van der Waals surface area contributed by atoms with E-state index in [2.05, 4.69) is 5.32 Å². The van der Waals surface area contributed by atoms with Gasteiger partial charge in [0.2, 0.25) is 0 Å². The van der Waals surface area contributed by atoms with E-state index in [9.17, 15) is 9.50 Å². The average molecular weight is 263 g/mol. The Kier molecular flexibility index (Phi) is 3.85. The van der Waals surface area contributed by atoms with E-state index in [0.717, 1.165) is 44.2 Å². The summed E-state index contributed by atoms with van der Waals surface area (Å²) in [6.07, 6.45) is 6.17. The molecule has 0 saturated heterocycles. The lowest BCUT2D eigenvalue weighted by atomic mass is 9.87. The molecule has 2 N–H and O–H groups in total. The van der Waals surface area contributed by atoms with Gasteiger partial charge < -0.3 is 10.4 Å². The second-order valence-corrected chi connectivity index (χ2v) is 6.03. The monoisotopic (exact) mass is 263 g/mol. The van der Waals surface area contributed by atoms with Gasteiger partial charge in [-0.2, -0.15) is 0 Å². The van der Waals surface area contributed by atoms with E-state index in [1.165, 1.54) is 12.0 Å². The molecule has 0 aromatic heterocycles. The summed E-state index contributed by atoms with van der Waals surface area (Å²) in [7, 11) is 0. The summed E-state index contributed by atoms with van der Waals surface area (Å²) in [4.78, 5) is 0. The Balaban J connectivity index is 1.57. The summed E-state index contributed by atoms with van der Waals surface area (Å²) in [5.41, 5.74) is 2.42. The third-order valence-electron chi connectivity index (χ3n) is 4.59. The maximum Gasteiger partial charge on any atom is 0.123 e. The first kappa shape index (κ1) is 13.1. The summed E-state index contributed by atoms with van der Waals surface area (Å²) in [6, 6.07) is 5.52. The molecule has 1 fully saturated rings. The summed E-state index contributed by atoms with van der Waals surface area (Å²) < 4.78 is 13.2. The topological polar surface area (TPSA) is 32.3 Å². The molecule has 0 heterocycles. The number of aliphatic hydroxyl groups is 1. The van der Waals surface area contributed by atoms with E-state index in [0.29, 0.717) is 12.0 Å². The molecule has 1 aromatic carbocycles. The molecule has 3 heteroatoms. The minimum absolute atomic E-state index is 0.106. The molecule has 3 atom stereocenters. The zero-order valence-electron chi connectivity index (χ0n) is 11.2. The average Bonchev–Trinajstić information content (AvgIpc) is 2.78. The first-order valence-corrected chi connectivity index (χ1v) is 7.42. The Morgan fingerprint density at radius 2 is 2.16 bits per heavy atom. The number of hydrogen-bond acceptors (Lipinski definition) is 2. The molecule has 104 valence electrons. The summed E-state index contributed by atoms with van der Waals surface area (Å²) >= 11 is 0. The summed E-state index contributed by atoms with van der Waals surface area (Å²) in [5, 5.41) is 13.3. The maximum absolute atomic E-state index is 13.2. The molecule has 3 unspecified atom stereocenters. The van der Waals surface area contributed by atoms with Crippen LogP contribution in [0.5, 0.6) is 0 Å². The highest BCUT2D eigenvalue weighted by molar-refractivity contribution is 5.34. The van der Waals surface area contributed by atoms with Gasteiger partial charge in [0.25, 0.3) is 0 Å². The van der Waals surface area contributed by atoms with E-state index in [1.54, 1.807) is 12.1 Å². The van der Waals surface area contributed by atoms with Gasteiger partial charge in [-0.05, 0) is 67.8 Å². The lowest BCUT2D eigenvalue weighted by molar-refractivity contribution is 0.0996. The molecule has 2 aliphatic rings. The van der Waals surface area contributed by atoms with Crippen molar-refractivity contribution in [3.63, 3.8) is 0 Å². The minimum Gasteiger partial charge on any atom is -0.393 e. The molecule has 1 aromatic rings. The van der Waals surface area contributed by atoms with E-state index in [1.807, 2.05) is 6.07 Å². The Bertz CT molecular complexity index is 448. The minimum atomic E-state index is -0.130. The van der Waals surface area contributed by atoms with Crippen LogP contribution in [-0.2, 0) is 6.42 Å². The van der Waals surface area contributed by atoms with Crippen molar-refractivity contribution in [2.45, 2.75) is 50.7 Å². The number of halogens is 1. The number of rotatable bonds is 3. The highest BCUT2D eigenvalue weighted by Crippen LogP contribution is 2.32. The second-order valence-electron chi connectivity index (χ2n) is 6.03. The second kappa shape index (κ2) is 5.59. The summed E-state index contributed by atoms with van der Waals surface area (Å²) in [6.45, 7) is 0.971. The van der Waals surface area contributed by atoms with Crippen LogP contribution in [0.25, 0.3) is 0 Å². The van der Waals surface area contributed by atoms with Crippen molar-refractivity contribution in [2.75, 3.05) is 6.54 Å². The fourth-order valence-corrected chi connectivity index (χ4v) is 3.56. The van der Waals surface area contributed by atoms with Gasteiger partial charge in [-0.15, -0.1) is 0 Å². The van der Waals surface area contributed by atoms with Gasteiger partial charge in [-0.25, -0.2) is 4.39 Å². The van der Waals surface area contributed by atoms with Gasteiger partial charge >= 0.3 is 0 Å². The van der Waals surface area contributed by atoms with Gasteiger partial charge in [0.05, 0.1) is 6.10 Å². The zero-order valence-corrected chi connectivity index (χ0v) is 11.2. The van der Waals surface area contributed by atoms with Crippen molar-refractivity contribution in [3.05, 3.63) is 35.1 Å². The maximum atomic E-state index is 13.2. The molecule has 0 radical (unpaired) electrons. The van der Waals surface area contributed by atoms with Crippen LogP contribution in [0.15, 0.2) is 18.2 Å². The van der Waals surface area contributed by atoms with Crippen LogP contribution in [-0.4, -0.2) is 17.8 Å². The van der Waals surface area contributed by atoms with Crippen molar-refractivity contribution >= 4 is 0 Å². The SMILES string of the molecule is OC1CCCC(CNC2CCc3cc(F)ccc32)C1.